The largest absolute Gasteiger partial charge is 0.479 e. The fourth-order valence-corrected chi connectivity index (χ4v) is 7.69. The number of aryl methyl sites for hydroxylation is 1. The zero-order chi connectivity index (χ0) is 35.0. The average Bonchev–Trinajstić information content (AvgIpc) is 3.48. The fraction of sp³-hybridized carbons (Fsp3) is 0.458. The molecule has 2 saturated heterocycles. The van der Waals surface area contributed by atoms with Crippen molar-refractivity contribution >= 4 is 69.5 Å². The second-order valence-corrected chi connectivity index (χ2v) is 13.1. The molecule has 2 amide bonds. The maximum atomic E-state index is 13.7. The van der Waals surface area contributed by atoms with Gasteiger partial charge in [-0.05, 0) is 5.57 Å². The average molecular weight is 731 g/mol. The third-order valence-electron chi connectivity index (χ3n) is 7.05. The summed E-state index contributed by atoms with van der Waals surface area (Å²) in [6, 6.07) is -1.19. The Balaban J connectivity index is 1.42. The van der Waals surface area contributed by atoms with Crippen LogP contribution in [0.1, 0.15) is 5.69 Å². The molecule has 0 bridgehead atoms. The number of aliphatic hydroxyl groups excluding tert-OH is 3. The molecule has 0 radical (unpaired) electrons. The van der Waals surface area contributed by atoms with Crippen LogP contribution in [-0.2, 0) is 40.5 Å². The molecule has 0 aliphatic carbocycles. The van der Waals surface area contributed by atoms with E-state index in [4.69, 9.17) is 20.0 Å². The van der Waals surface area contributed by atoms with Crippen molar-refractivity contribution in [3.05, 3.63) is 43.1 Å². The van der Waals surface area contributed by atoms with Gasteiger partial charge in [-0.15, -0.1) is 23.1 Å². The number of esters is 1. The maximum absolute atomic E-state index is 13.7. The van der Waals surface area contributed by atoms with Crippen molar-refractivity contribution in [3.63, 3.8) is 0 Å². The summed E-state index contributed by atoms with van der Waals surface area (Å²) in [5.74, 6) is -4.67. The van der Waals surface area contributed by atoms with Crippen LogP contribution in [0.25, 0.3) is 0 Å². The number of nitrogen functional groups attached to an aromatic ring is 1. The predicted octanol–water partition coefficient (Wildman–Crippen LogP) is -4.26. The van der Waals surface area contributed by atoms with Gasteiger partial charge in [-0.1, -0.05) is 16.9 Å². The molecule has 0 aromatic carbocycles. The summed E-state index contributed by atoms with van der Waals surface area (Å²) < 4.78 is 11.5. The monoisotopic (exact) mass is 730 g/mol. The van der Waals surface area contributed by atoms with Gasteiger partial charge in [-0.3, -0.25) is 33.9 Å². The van der Waals surface area contributed by atoms with E-state index in [1.807, 2.05) is 0 Å². The summed E-state index contributed by atoms with van der Waals surface area (Å²) in [4.78, 5) is 88.8. The number of hydrogen-bond donors (Lipinski definition) is 7. The van der Waals surface area contributed by atoms with E-state index in [2.05, 4.69) is 25.5 Å². The van der Waals surface area contributed by atoms with E-state index in [-0.39, 0.29) is 44.5 Å². The second-order valence-electron chi connectivity index (χ2n) is 10.1. The van der Waals surface area contributed by atoms with Crippen LogP contribution in [0.2, 0.25) is 0 Å². The number of carbonyl (C=O) groups excluding carboxylic acids is 3. The number of ether oxygens (including phenoxy) is 2. The normalized spacial score (nSPS) is 27.2. The van der Waals surface area contributed by atoms with Crippen molar-refractivity contribution in [2.45, 2.75) is 47.3 Å². The molecule has 24 heteroatoms. The van der Waals surface area contributed by atoms with Gasteiger partial charge in [0.1, 0.15) is 48.2 Å². The molecule has 5 heterocycles. The number of aromatic amines is 1. The Kier molecular flexibility index (Phi) is 10.2. The van der Waals surface area contributed by atoms with Gasteiger partial charge in [0, 0.05) is 23.9 Å². The molecule has 5 rings (SSSR count). The minimum atomic E-state index is -2.08. The first-order chi connectivity index (χ1) is 22.7. The third kappa shape index (κ3) is 6.67. The number of nitrogens with zero attached hydrogens (tertiary/aromatic N) is 5. The first kappa shape index (κ1) is 35.0. The Morgan fingerprint density at radius 1 is 1.21 bits per heavy atom. The number of thiazole rings is 1. The lowest BCUT2D eigenvalue weighted by atomic mass is 9.99. The van der Waals surface area contributed by atoms with Gasteiger partial charge in [0.25, 0.3) is 11.8 Å². The highest BCUT2D eigenvalue weighted by Crippen LogP contribution is 2.42. The molecular weight excluding hydrogens is 705 g/mol. The molecule has 258 valence electrons. The highest BCUT2D eigenvalue weighted by molar-refractivity contribution is 8.01. The van der Waals surface area contributed by atoms with Crippen molar-refractivity contribution < 1.29 is 53.9 Å². The summed E-state index contributed by atoms with van der Waals surface area (Å²) in [5, 5.41) is 49.2. The van der Waals surface area contributed by atoms with Crippen molar-refractivity contribution in [3.8, 4) is 0 Å². The number of oxime groups is 1. The molecule has 3 aliphatic rings. The number of nitrogens with two attached hydrogens (primary N) is 1. The van der Waals surface area contributed by atoms with Crippen LogP contribution < -0.4 is 22.2 Å². The molecule has 48 heavy (non-hydrogen) atoms. The standard InChI is InChI=1S/C24H26N8O13S3/c1-31-24(28-16(37)17(38)29-31)48-4-6-3-46-19-9(27-15(36)8(30-43-2)7-5-47-23(25)26-7)18(39)32(19)10(6)21(42)45-22-13(35)11(33)12(34)14(44-22)20(40)41/h5,9,11-14,19,22,33-35H,3-4H2,1-2H3,(H2,25,26)(H,27,36)(H,29,38)(H,40,41)/b30-8-/t9-,11?,12?,13?,14?,19-,22?/m1/s1. The highest BCUT2D eigenvalue weighted by atomic mass is 32.2. The van der Waals surface area contributed by atoms with E-state index in [1.54, 1.807) is 0 Å². The van der Waals surface area contributed by atoms with Gasteiger partial charge in [-0.25, -0.2) is 14.6 Å². The topological polar surface area (TPSA) is 311 Å². The number of aromatic nitrogens is 4. The second kappa shape index (κ2) is 14.0. The molecule has 2 aromatic heterocycles. The summed E-state index contributed by atoms with van der Waals surface area (Å²) in [7, 11) is 2.61. The lowest BCUT2D eigenvalue weighted by Crippen LogP contribution is -2.71. The lowest BCUT2D eigenvalue weighted by molar-refractivity contribution is -0.285. The van der Waals surface area contributed by atoms with E-state index in [0.717, 1.165) is 39.8 Å². The Morgan fingerprint density at radius 3 is 2.58 bits per heavy atom. The van der Waals surface area contributed by atoms with Gasteiger partial charge >= 0.3 is 23.1 Å². The number of hydrogen-bond acceptors (Lipinski definition) is 19. The van der Waals surface area contributed by atoms with E-state index < -0.39 is 77.0 Å². The molecule has 3 aliphatic heterocycles. The molecule has 0 saturated carbocycles. The number of H-pyrrole nitrogens is 1. The first-order valence-electron chi connectivity index (χ1n) is 13.5. The summed E-state index contributed by atoms with van der Waals surface area (Å²) in [5.41, 5.74) is 3.33. The van der Waals surface area contributed by atoms with Crippen molar-refractivity contribution in [2.24, 2.45) is 12.2 Å². The summed E-state index contributed by atoms with van der Waals surface area (Å²) in [6.45, 7) is 0. The smallest absolute Gasteiger partial charge is 0.357 e. The zero-order valence-electron chi connectivity index (χ0n) is 24.5. The van der Waals surface area contributed by atoms with Crippen LogP contribution in [0.4, 0.5) is 5.13 Å². The number of carbonyl (C=O) groups is 4. The molecular formula is C24H26N8O13S3. The van der Waals surface area contributed by atoms with Gasteiger partial charge < -0.3 is 45.8 Å². The SMILES string of the molecule is CO/N=C(\C(=O)N[C@@H]1C(=O)N2C(C(=O)OC3OC(C(=O)O)C(O)C(O)C3O)=C(CSc3nc(=O)c(=O)[nH]n3C)CS[C@H]12)c1csc(N)n1. The van der Waals surface area contributed by atoms with Crippen molar-refractivity contribution in [1.29, 1.82) is 0 Å². The fourth-order valence-electron chi connectivity index (χ4n) is 4.74. The predicted molar refractivity (Wildman–Crippen MR) is 163 cm³/mol. The van der Waals surface area contributed by atoms with Crippen LogP contribution in [0.3, 0.4) is 0 Å². The van der Waals surface area contributed by atoms with Gasteiger partial charge in [0.05, 0.1) is 0 Å². The Morgan fingerprint density at radius 2 is 1.94 bits per heavy atom. The Hall–Kier alpha value is -4.33. The van der Waals surface area contributed by atoms with Crippen LogP contribution in [0, 0.1) is 0 Å². The van der Waals surface area contributed by atoms with Crippen LogP contribution in [0.15, 0.2) is 36.6 Å². The number of thioether (sulfide) groups is 2. The summed E-state index contributed by atoms with van der Waals surface area (Å²) >= 11 is 3.10. The van der Waals surface area contributed by atoms with E-state index in [1.165, 1.54) is 24.2 Å². The number of carboxylic acids is 1. The number of amides is 2. The number of β-lactam (4-membered cyclic amide) rings is 1. The minimum Gasteiger partial charge on any atom is -0.479 e. The molecule has 2 aromatic rings. The minimum absolute atomic E-state index is 0.0460. The van der Waals surface area contributed by atoms with Crippen molar-refractivity contribution in [2.75, 3.05) is 24.3 Å². The number of rotatable bonds is 10. The van der Waals surface area contributed by atoms with Gasteiger partial charge in [0.15, 0.2) is 22.1 Å². The first-order valence-corrected chi connectivity index (χ1v) is 16.4. The van der Waals surface area contributed by atoms with E-state index >= 15 is 0 Å². The number of aliphatic carboxylic acids is 1. The highest BCUT2D eigenvalue weighted by Gasteiger charge is 2.56. The van der Waals surface area contributed by atoms with E-state index in [0.29, 0.717) is 0 Å². The molecule has 8 N–H and O–H groups in total. The molecule has 5 unspecified atom stereocenters. The van der Waals surface area contributed by atoms with Gasteiger partial charge in [0.2, 0.25) is 6.29 Å². The zero-order valence-corrected chi connectivity index (χ0v) is 27.0. The third-order valence-corrected chi connectivity index (χ3v) is 10.2. The Bertz CT molecular complexity index is 1830. The number of aliphatic hydroxyl groups is 3. The van der Waals surface area contributed by atoms with Crippen LogP contribution in [0.5, 0.6) is 0 Å². The number of fused-ring (bicyclic) bond motifs is 1. The lowest BCUT2D eigenvalue weighted by Gasteiger charge is -2.50. The molecule has 0 spiro atoms. The number of carboxylic acid groups (broad SMARTS) is 1. The summed E-state index contributed by atoms with van der Waals surface area (Å²) in [6.07, 6.45) is -10.4. The Labute approximate surface area is 279 Å². The number of anilines is 1. The van der Waals surface area contributed by atoms with Crippen molar-refractivity contribution in [1.82, 2.24) is 30.0 Å². The molecule has 7 atom stereocenters. The van der Waals surface area contributed by atoms with Gasteiger partial charge in [-0.2, -0.15) is 4.98 Å². The molecule has 21 nitrogen and oxygen atoms in total. The number of nitrogens with one attached hydrogen (secondary N) is 2. The van der Waals surface area contributed by atoms with Crippen LogP contribution >= 0.6 is 34.9 Å². The maximum Gasteiger partial charge on any atom is 0.357 e. The van der Waals surface area contributed by atoms with Crippen LogP contribution in [-0.4, -0.2) is 135 Å². The molecule has 2 fully saturated rings. The quantitative estimate of drug-likeness (QED) is 0.0304. The van der Waals surface area contributed by atoms with E-state index in [9.17, 15) is 49.2 Å².